The third-order valence-electron chi connectivity index (χ3n) is 6.30. The maximum absolute atomic E-state index is 12.8. The number of fused-ring (bicyclic) bond motifs is 1. The van der Waals surface area contributed by atoms with Gasteiger partial charge in [0, 0.05) is 55.1 Å². The Morgan fingerprint density at radius 1 is 1.15 bits per heavy atom. The summed E-state index contributed by atoms with van der Waals surface area (Å²) in [6.07, 6.45) is 4.99. The van der Waals surface area contributed by atoms with Crippen molar-refractivity contribution in [2.45, 2.75) is 51.5 Å². The lowest BCUT2D eigenvalue weighted by Gasteiger charge is -2.33. The summed E-state index contributed by atoms with van der Waals surface area (Å²) in [5.74, 6) is 0.545. The van der Waals surface area contributed by atoms with Gasteiger partial charge in [0.15, 0.2) is 0 Å². The molecule has 2 aromatic heterocycles. The summed E-state index contributed by atoms with van der Waals surface area (Å²) in [6.45, 7) is 4.19. The molecule has 7 nitrogen and oxygen atoms in total. The summed E-state index contributed by atoms with van der Waals surface area (Å²) in [4.78, 5) is 19.3. The van der Waals surface area contributed by atoms with E-state index in [-0.39, 0.29) is 5.56 Å². The lowest BCUT2D eigenvalue weighted by Crippen LogP contribution is -2.45. The Balaban J connectivity index is 1.27. The molecule has 5 rings (SSSR count). The van der Waals surface area contributed by atoms with Crippen molar-refractivity contribution >= 4 is 23.1 Å². The van der Waals surface area contributed by atoms with Crippen molar-refractivity contribution in [2.24, 2.45) is 0 Å². The zero-order chi connectivity index (χ0) is 23.7. The van der Waals surface area contributed by atoms with Crippen LogP contribution in [0.1, 0.15) is 40.2 Å². The second kappa shape index (κ2) is 9.84. The minimum Gasteiger partial charge on any atom is -0.486 e. The zero-order valence-electron chi connectivity index (χ0n) is 19.2. The molecule has 34 heavy (non-hydrogen) atoms. The highest BCUT2D eigenvalue weighted by Crippen LogP contribution is 2.28. The number of allylic oxidation sites excluding steroid dienone is 1. The number of piperidine rings is 1. The molecule has 3 aromatic rings. The number of β-amino-alcohol motifs (C(OH)–C–C–N with tert-alkyl or cyclic N) is 2. The van der Waals surface area contributed by atoms with E-state index in [1.165, 1.54) is 17.2 Å². The molecule has 1 saturated heterocycles. The Morgan fingerprint density at radius 2 is 1.97 bits per heavy atom. The van der Waals surface area contributed by atoms with Crippen LogP contribution in [0.4, 0.5) is 0 Å². The van der Waals surface area contributed by atoms with Crippen LogP contribution in [0.3, 0.4) is 0 Å². The monoisotopic (exact) mass is 479 g/mol. The van der Waals surface area contributed by atoms with Gasteiger partial charge in [-0.25, -0.2) is 4.98 Å². The van der Waals surface area contributed by atoms with Gasteiger partial charge in [0.25, 0.3) is 5.56 Å². The Hall–Kier alpha value is -2.78. The molecule has 0 saturated carbocycles. The summed E-state index contributed by atoms with van der Waals surface area (Å²) < 4.78 is 7.44. The van der Waals surface area contributed by atoms with Crippen molar-refractivity contribution in [3.8, 4) is 5.75 Å². The topological polar surface area (TPSA) is 87.8 Å². The van der Waals surface area contributed by atoms with Crippen LogP contribution in [0, 0.1) is 6.92 Å². The number of rotatable bonds is 6. The number of benzene rings is 1. The molecule has 1 aromatic carbocycles. The Bertz CT molecular complexity index is 1250. The number of pyridine rings is 1. The van der Waals surface area contributed by atoms with Crippen molar-refractivity contribution in [1.82, 2.24) is 14.5 Å². The van der Waals surface area contributed by atoms with Crippen LogP contribution in [-0.2, 0) is 19.6 Å². The van der Waals surface area contributed by atoms with Gasteiger partial charge in [-0.15, -0.1) is 11.3 Å². The van der Waals surface area contributed by atoms with E-state index in [4.69, 9.17) is 4.74 Å². The molecule has 0 amide bonds. The van der Waals surface area contributed by atoms with Crippen molar-refractivity contribution in [3.63, 3.8) is 0 Å². The summed E-state index contributed by atoms with van der Waals surface area (Å²) in [7, 11) is 0. The van der Waals surface area contributed by atoms with E-state index in [9.17, 15) is 15.0 Å². The number of hydrogen-bond acceptors (Lipinski definition) is 7. The number of aliphatic hydroxyl groups excluding tert-OH is 2. The van der Waals surface area contributed by atoms with Gasteiger partial charge in [0.05, 0.1) is 12.2 Å². The van der Waals surface area contributed by atoms with E-state index in [1.54, 1.807) is 22.1 Å². The van der Waals surface area contributed by atoms with Crippen LogP contribution in [0.15, 0.2) is 46.7 Å². The van der Waals surface area contributed by atoms with E-state index in [1.807, 2.05) is 18.4 Å². The predicted octanol–water partition coefficient (Wildman–Crippen LogP) is 3.06. The van der Waals surface area contributed by atoms with Crippen LogP contribution < -0.4 is 10.3 Å². The minimum absolute atomic E-state index is 0.110. The van der Waals surface area contributed by atoms with Gasteiger partial charge in [-0.1, -0.05) is 18.2 Å². The number of hydrogen-bond donors (Lipinski definition) is 2. The minimum atomic E-state index is -0.474. The molecule has 0 spiro atoms. The molecular formula is C26H29N3O4S. The lowest BCUT2D eigenvalue weighted by molar-refractivity contribution is -0.0110. The number of nitrogens with zero attached hydrogens (tertiary/aromatic N) is 3. The fourth-order valence-electron chi connectivity index (χ4n) is 4.74. The average molecular weight is 480 g/mol. The smallest absolute Gasteiger partial charge is 0.258 e. The maximum Gasteiger partial charge on any atom is 0.258 e. The highest BCUT2D eigenvalue weighted by molar-refractivity contribution is 7.09. The third-order valence-corrected chi connectivity index (χ3v) is 7.24. The van der Waals surface area contributed by atoms with Crippen molar-refractivity contribution in [2.75, 3.05) is 13.1 Å². The first-order valence-corrected chi connectivity index (χ1v) is 12.5. The number of aryl methyl sites for hydroxylation is 2. The van der Waals surface area contributed by atoms with Crippen LogP contribution in [0.5, 0.6) is 5.75 Å². The second-order valence-electron chi connectivity index (χ2n) is 9.15. The number of aromatic nitrogens is 2. The molecule has 1 aliphatic heterocycles. The largest absolute Gasteiger partial charge is 0.486 e. The zero-order valence-corrected chi connectivity index (χ0v) is 20.0. The highest BCUT2D eigenvalue weighted by atomic mass is 32.1. The van der Waals surface area contributed by atoms with Crippen molar-refractivity contribution in [1.29, 1.82) is 0 Å². The van der Waals surface area contributed by atoms with Gasteiger partial charge in [-0.05, 0) is 48.6 Å². The Kier molecular flexibility index (Phi) is 6.65. The first kappa shape index (κ1) is 23.0. The van der Waals surface area contributed by atoms with E-state index >= 15 is 0 Å². The van der Waals surface area contributed by atoms with Crippen LogP contribution in [0.25, 0.3) is 11.8 Å². The molecule has 2 unspecified atom stereocenters. The number of likely N-dealkylation sites (tertiary alicyclic amines) is 1. The molecule has 8 heteroatoms. The summed E-state index contributed by atoms with van der Waals surface area (Å²) in [5, 5.41) is 22.7. The van der Waals surface area contributed by atoms with Gasteiger partial charge >= 0.3 is 0 Å². The number of thiazole rings is 1. The highest BCUT2D eigenvalue weighted by Gasteiger charge is 2.24. The molecule has 3 heterocycles. The fraction of sp³-hybridized carbons (Fsp3) is 0.385. The lowest BCUT2D eigenvalue weighted by atomic mass is 9.93. The molecule has 2 aliphatic rings. The molecule has 0 bridgehead atoms. The quantitative estimate of drug-likeness (QED) is 0.565. The van der Waals surface area contributed by atoms with Crippen LogP contribution in [0.2, 0.25) is 0 Å². The maximum atomic E-state index is 12.8. The first-order chi connectivity index (χ1) is 16.4. The van der Waals surface area contributed by atoms with Crippen LogP contribution in [-0.4, -0.2) is 50.0 Å². The standard InChI is InChI=1S/C26H29N3O4S/c1-17-16-34-25(27-17)15-33-24-6-7-29(26(32)11-24)21-5-4-19-8-18(2-3-20(19)9-21)12-28-13-22(30)10-23(31)14-28/h2-3,6-9,11,16,22-23,30-31H,4-5,10,12-15H2,1H3. The van der Waals surface area contributed by atoms with E-state index in [0.29, 0.717) is 38.4 Å². The molecule has 1 fully saturated rings. The number of ether oxygens (including phenoxy) is 1. The Morgan fingerprint density at radius 3 is 2.71 bits per heavy atom. The van der Waals surface area contributed by atoms with Gasteiger partial charge in [0.2, 0.25) is 0 Å². The SMILES string of the molecule is Cc1csc(COc2ccn(C3=Cc4ccc(CN5CC(O)CC(O)C5)cc4CC3)c(=O)c2)n1. The second-order valence-corrected chi connectivity index (χ2v) is 10.1. The number of aliphatic hydroxyl groups is 2. The summed E-state index contributed by atoms with van der Waals surface area (Å²) in [6, 6.07) is 9.74. The van der Waals surface area contributed by atoms with Crippen LogP contribution >= 0.6 is 11.3 Å². The average Bonchev–Trinajstić information content (AvgIpc) is 3.22. The summed E-state index contributed by atoms with van der Waals surface area (Å²) in [5.41, 5.74) is 5.38. The summed E-state index contributed by atoms with van der Waals surface area (Å²) >= 11 is 1.55. The van der Waals surface area contributed by atoms with Crippen molar-refractivity contribution in [3.05, 3.63) is 79.7 Å². The van der Waals surface area contributed by atoms with Crippen molar-refractivity contribution < 1.29 is 14.9 Å². The molecule has 2 atom stereocenters. The predicted molar refractivity (Wildman–Crippen MR) is 133 cm³/mol. The molecule has 0 radical (unpaired) electrons. The van der Waals surface area contributed by atoms with Gasteiger partial charge in [-0.3, -0.25) is 14.3 Å². The molecular weight excluding hydrogens is 450 g/mol. The molecule has 1 aliphatic carbocycles. The van der Waals surface area contributed by atoms with E-state index < -0.39 is 12.2 Å². The normalized spacial score (nSPS) is 20.6. The fourth-order valence-corrected chi connectivity index (χ4v) is 5.43. The molecule has 178 valence electrons. The first-order valence-electron chi connectivity index (χ1n) is 11.6. The van der Waals surface area contributed by atoms with Gasteiger partial charge in [-0.2, -0.15) is 0 Å². The van der Waals surface area contributed by atoms with Gasteiger partial charge < -0.3 is 14.9 Å². The molecule has 2 N–H and O–H groups in total. The third kappa shape index (κ3) is 5.31. The van der Waals surface area contributed by atoms with E-state index in [0.717, 1.165) is 34.8 Å². The van der Waals surface area contributed by atoms with Gasteiger partial charge in [0.1, 0.15) is 17.4 Å². The van der Waals surface area contributed by atoms with E-state index in [2.05, 4.69) is 34.2 Å². The Labute approximate surface area is 202 Å².